The van der Waals surface area contributed by atoms with Crippen LogP contribution in [0.5, 0.6) is 0 Å². The predicted molar refractivity (Wildman–Crippen MR) is 84.9 cm³/mol. The Labute approximate surface area is 126 Å². The second-order valence-electron chi connectivity index (χ2n) is 5.14. The molecule has 3 rings (SSSR count). The molecular weight excluding hydrogens is 282 g/mol. The van der Waals surface area contributed by atoms with Crippen molar-refractivity contribution in [2.24, 2.45) is 0 Å². The zero-order valence-corrected chi connectivity index (χ0v) is 12.5. The number of thiazole rings is 1. The number of aliphatic carboxylic acids is 1. The maximum absolute atomic E-state index is 10.8. The highest BCUT2D eigenvalue weighted by atomic mass is 32.1. The maximum atomic E-state index is 10.8. The van der Waals surface area contributed by atoms with Crippen molar-refractivity contribution in [3.05, 3.63) is 64.2 Å². The first kappa shape index (κ1) is 13.8. The standard InChI is InChI=1S/C17H15NO2S/c1-11-2-4-12(5-3-11)9-16-18-14-7-6-13(10-17(19)20)8-15(14)21-16/h2-8H,9-10H2,1H3,(H,19,20). The number of hydrogen-bond donors (Lipinski definition) is 1. The number of carboxylic acid groups (broad SMARTS) is 1. The number of carboxylic acids is 1. The molecule has 0 saturated carbocycles. The van der Waals surface area contributed by atoms with Gasteiger partial charge in [-0.25, -0.2) is 4.98 Å². The number of hydrogen-bond acceptors (Lipinski definition) is 3. The Hall–Kier alpha value is -2.20. The summed E-state index contributed by atoms with van der Waals surface area (Å²) < 4.78 is 1.05. The molecule has 0 aliphatic heterocycles. The number of rotatable bonds is 4. The van der Waals surface area contributed by atoms with Gasteiger partial charge < -0.3 is 5.11 Å². The van der Waals surface area contributed by atoms with Crippen LogP contribution >= 0.6 is 11.3 Å². The summed E-state index contributed by atoms with van der Waals surface area (Å²) in [6.07, 6.45) is 0.870. The Morgan fingerprint density at radius 1 is 1.14 bits per heavy atom. The lowest BCUT2D eigenvalue weighted by Crippen LogP contribution is -1.99. The Kier molecular flexibility index (Phi) is 3.71. The van der Waals surface area contributed by atoms with Crippen molar-refractivity contribution >= 4 is 27.5 Å². The molecule has 1 N–H and O–H groups in total. The van der Waals surface area contributed by atoms with Crippen LogP contribution in [0.1, 0.15) is 21.7 Å². The van der Waals surface area contributed by atoms with Gasteiger partial charge in [0.2, 0.25) is 0 Å². The van der Waals surface area contributed by atoms with Crippen molar-refractivity contribution in [3.63, 3.8) is 0 Å². The van der Waals surface area contributed by atoms with E-state index in [-0.39, 0.29) is 6.42 Å². The third-order valence-corrected chi connectivity index (χ3v) is 4.35. The Bertz CT molecular complexity index is 790. The van der Waals surface area contributed by atoms with Gasteiger partial charge in [0, 0.05) is 6.42 Å². The normalized spacial score (nSPS) is 10.9. The van der Waals surface area contributed by atoms with Crippen LogP contribution in [0.3, 0.4) is 0 Å². The molecule has 3 nitrogen and oxygen atoms in total. The highest BCUT2D eigenvalue weighted by molar-refractivity contribution is 7.18. The lowest BCUT2D eigenvalue weighted by molar-refractivity contribution is -0.136. The molecule has 0 bridgehead atoms. The summed E-state index contributed by atoms with van der Waals surface area (Å²) in [4.78, 5) is 15.4. The molecule has 1 heterocycles. The van der Waals surface area contributed by atoms with E-state index in [0.717, 1.165) is 27.2 Å². The van der Waals surface area contributed by atoms with Crippen LogP contribution in [0, 0.1) is 6.92 Å². The monoisotopic (exact) mass is 297 g/mol. The van der Waals surface area contributed by atoms with Gasteiger partial charge in [-0.05, 0) is 30.2 Å². The van der Waals surface area contributed by atoms with Crippen molar-refractivity contribution in [2.45, 2.75) is 19.8 Å². The van der Waals surface area contributed by atoms with E-state index in [9.17, 15) is 4.79 Å². The van der Waals surface area contributed by atoms with Gasteiger partial charge in [0.1, 0.15) is 0 Å². The molecule has 106 valence electrons. The van der Waals surface area contributed by atoms with E-state index in [4.69, 9.17) is 5.11 Å². The van der Waals surface area contributed by atoms with Crippen molar-refractivity contribution in [1.29, 1.82) is 0 Å². The van der Waals surface area contributed by atoms with Crippen LogP contribution in [-0.2, 0) is 17.6 Å². The molecule has 0 fully saturated rings. The summed E-state index contributed by atoms with van der Waals surface area (Å²) in [5, 5.41) is 9.91. The van der Waals surface area contributed by atoms with Crippen LogP contribution in [0.25, 0.3) is 10.2 Å². The molecule has 0 atom stereocenters. The van der Waals surface area contributed by atoms with Gasteiger partial charge >= 0.3 is 5.97 Å². The molecular formula is C17H15NO2S. The topological polar surface area (TPSA) is 50.2 Å². The molecule has 0 aliphatic rings. The third kappa shape index (κ3) is 3.28. The molecule has 0 spiro atoms. The molecule has 4 heteroatoms. The zero-order valence-electron chi connectivity index (χ0n) is 11.7. The van der Waals surface area contributed by atoms with Gasteiger partial charge in [0.05, 0.1) is 21.6 Å². The van der Waals surface area contributed by atoms with Gasteiger partial charge in [0.15, 0.2) is 0 Å². The maximum Gasteiger partial charge on any atom is 0.307 e. The van der Waals surface area contributed by atoms with E-state index in [1.54, 1.807) is 11.3 Å². The summed E-state index contributed by atoms with van der Waals surface area (Å²) in [5.74, 6) is -0.807. The molecule has 0 amide bonds. The van der Waals surface area contributed by atoms with Crippen LogP contribution in [-0.4, -0.2) is 16.1 Å². The second-order valence-corrected chi connectivity index (χ2v) is 6.26. The number of aryl methyl sites for hydroxylation is 1. The summed E-state index contributed by atoms with van der Waals surface area (Å²) >= 11 is 1.63. The molecule has 0 saturated heterocycles. The minimum absolute atomic E-state index is 0.0567. The van der Waals surface area contributed by atoms with E-state index >= 15 is 0 Å². The Balaban J connectivity index is 1.86. The van der Waals surface area contributed by atoms with Crippen molar-refractivity contribution in [3.8, 4) is 0 Å². The van der Waals surface area contributed by atoms with E-state index in [1.807, 2.05) is 18.2 Å². The van der Waals surface area contributed by atoms with Crippen LogP contribution in [0.2, 0.25) is 0 Å². The number of nitrogens with zero attached hydrogens (tertiary/aromatic N) is 1. The summed E-state index contributed by atoms with van der Waals surface area (Å²) in [5.41, 5.74) is 4.25. The predicted octanol–water partition coefficient (Wildman–Crippen LogP) is 3.82. The third-order valence-electron chi connectivity index (χ3n) is 3.33. The molecule has 0 radical (unpaired) electrons. The SMILES string of the molecule is Cc1ccc(Cc2nc3ccc(CC(=O)O)cc3s2)cc1. The number of carbonyl (C=O) groups is 1. The fourth-order valence-electron chi connectivity index (χ4n) is 2.26. The Morgan fingerprint density at radius 3 is 2.57 bits per heavy atom. The Morgan fingerprint density at radius 2 is 1.86 bits per heavy atom. The molecule has 2 aromatic carbocycles. The van der Waals surface area contributed by atoms with Gasteiger partial charge in [-0.2, -0.15) is 0 Å². The van der Waals surface area contributed by atoms with Gasteiger partial charge in [-0.15, -0.1) is 11.3 Å². The number of benzene rings is 2. The lowest BCUT2D eigenvalue weighted by atomic mass is 10.1. The lowest BCUT2D eigenvalue weighted by Gasteiger charge is -1.98. The molecule has 0 unspecified atom stereocenters. The fourth-order valence-corrected chi connectivity index (χ4v) is 3.32. The first-order valence-electron chi connectivity index (χ1n) is 6.76. The van der Waals surface area contributed by atoms with E-state index < -0.39 is 5.97 Å². The summed E-state index contributed by atoms with van der Waals surface area (Å²) in [6.45, 7) is 2.07. The highest BCUT2D eigenvalue weighted by Crippen LogP contribution is 2.25. The first-order chi connectivity index (χ1) is 10.1. The van der Waals surface area contributed by atoms with Crippen LogP contribution in [0.15, 0.2) is 42.5 Å². The number of aromatic nitrogens is 1. The summed E-state index contributed by atoms with van der Waals surface area (Å²) in [6, 6.07) is 14.1. The average molecular weight is 297 g/mol. The molecule has 0 aliphatic carbocycles. The fraction of sp³-hybridized carbons (Fsp3) is 0.176. The van der Waals surface area contributed by atoms with Gasteiger partial charge in [0.25, 0.3) is 0 Å². The quantitative estimate of drug-likeness (QED) is 0.796. The van der Waals surface area contributed by atoms with Crippen molar-refractivity contribution in [2.75, 3.05) is 0 Å². The van der Waals surface area contributed by atoms with Gasteiger partial charge in [-0.1, -0.05) is 35.9 Å². The second kappa shape index (κ2) is 5.66. The minimum Gasteiger partial charge on any atom is -0.481 e. The molecule has 1 aromatic heterocycles. The van der Waals surface area contributed by atoms with Crippen LogP contribution < -0.4 is 0 Å². The highest BCUT2D eigenvalue weighted by Gasteiger charge is 2.07. The molecule has 21 heavy (non-hydrogen) atoms. The van der Waals surface area contributed by atoms with E-state index in [0.29, 0.717) is 0 Å². The van der Waals surface area contributed by atoms with E-state index in [2.05, 4.69) is 36.2 Å². The summed E-state index contributed by atoms with van der Waals surface area (Å²) in [7, 11) is 0. The molecule has 3 aromatic rings. The minimum atomic E-state index is -0.807. The first-order valence-corrected chi connectivity index (χ1v) is 7.57. The van der Waals surface area contributed by atoms with Gasteiger partial charge in [-0.3, -0.25) is 4.79 Å². The van der Waals surface area contributed by atoms with Crippen LogP contribution in [0.4, 0.5) is 0 Å². The van der Waals surface area contributed by atoms with Crippen molar-refractivity contribution < 1.29 is 9.90 Å². The average Bonchev–Trinajstić information content (AvgIpc) is 2.82. The largest absolute Gasteiger partial charge is 0.481 e. The van der Waals surface area contributed by atoms with E-state index in [1.165, 1.54) is 11.1 Å². The smallest absolute Gasteiger partial charge is 0.307 e. The number of fused-ring (bicyclic) bond motifs is 1. The van der Waals surface area contributed by atoms with Crippen molar-refractivity contribution in [1.82, 2.24) is 4.98 Å². The zero-order chi connectivity index (χ0) is 14.8.